The van der Waals surface area contributed by atoms with Gasteiger partial charge in [-0.2, -0.15) is 0 Å². The molecule has 0 unspecified atom stereocenters. The van der Waals surface area contributed by atoms with Gasteiger partial charge in [0.1, 0.15) is 0 Å². The van der Waals surface area contributed by atoms with Crippen LogP contribution in [0.15, 0.2) is 12.7 Å². The summed E-state index contributed by atoms with van der Waals surface area (Å²) >= 11 is 0. The van der Waals surface area contributed by atoms with Crippen molar-refractivity contribution in [3.05, 3.63) is 12.7 Å². The number of carbonyl (C=O) groups excluding carboxylic acids is 1. The quantitative estimate of drug-likeness (QED) is 0.440. The molecule has 1 amide bonds. The molecule has 0 N–H and O–H groups in total. The van der Waals surface area contributed by atoms with Crippen LogP contribution in [0.25, 0.3) is 0 Å². The molecule has 0 aromatic carbocycles. The van der Waals surface area contributed by atoms with Crippen LogP contribution in [0.3, 0.4) is 0 Å². The van der Waals surface area contributed by atoms with E-state index in [0.717, 1.165) is 32.4 Å². The maximum Gasteiger partial charge on any atom is 0.222 e. The lowest BCUT2D eigenvalue weighted by Gasteiger charge is -2.14. The van der Waals surface area contributed by atoms with E-state index in [1.54, 1.807) is 0 Å². The third-order valence-corrected chi connectivity index (χ3v) is 3.51. The minimum Gasteiger partial charge on any atom is -0.343 e. The van der Waals surface area contributed by atoms with Gasteiger partial charge >= 0.3 is 0 Å². The Hall–Kier alpha value is -0.790. The van der Waals surface area contributed by atoms with E-state index in [9.17, 15) is 4.79 Å². The third-order valence-electron chi connectivity index (χ3n) is 3.51. The van der Waals surface area contributed by atoms with Gasteiger partial charge in [0, 0.05) is 19.5 Å². The average molecular weight is 237 g/mol. The molecular formula is C15H27NO. The van der Waals surface area contributed by atoms with Gasteiger partial charge in [-0.15, -0.1) is 6.58 Å². The van der Waals surface area contributed by atoms with Gasteiger partial charge in [-0.3, -0.25) is 4.79 Å². The van der Waals surface area contributed by atoms with E-state index in [1.807, 2.05) is 11.0 Å². The Bertz CT molecular complexity index is 219. The zero-order chi connectivity index (χ0) is 12.3. The minimum absolute atomic E-state index is 0.383. The molecule has 0 aliphatic carbocycles. The van der Waals surface area contributed by atoms with Gasteiger partial charge < -0.3 is 4.90 Å². The molecule has 1 aliphatic rings. The summed E-state index contributed by atoms with van der Waals surface area (Å²) in [7, 11) is 0. The first-order valence-electron chi connectivity index (χ1n) is 7.23. The summed E-state index contributed by atoms with van der Waals surface area (Å²) in [5.41, 5.74) is 0. The van der Waals surface area contributed by atoms with Crippen LogP contribution < -0.4 is 0 Å². The Morgan fingerprint density at radius 3 is 2.24 bits per heavy atom. The third kappa shape index (κ3) is 6.50. The van der Waals surface area contributed by atoms with Gasteiger partial charge in [0.25, 0.3) is 0 Å². The Morgan fingerprint density at radius 1 is 1.00 bits per heavy atom. The Balaban J connectivity index is 1.86. The normalized spacial score (nSPS) is 15.2. The van der Waals surface area contributed by atoms with E-state index in [0.29, 0.717) is 5.91 Å². The number of unbranched alkanes of at least 4 members (excludes halogenated alkanes) is 6. The molecular weight excluding hydrogens is 210 g/mol. The number of carbonyl (C=O) groups is 1. The summed E-state index contributed by atoms with van der Waals surface area (Å²) in [5.74, 6) is 0.383. The number of allylic oxidation sites excluding steroid dienone is 1. The number of likely N-dealkylation sites (tertiary alicyclic amines) is 1. The van der Waals surface area contributed by atoms with Crippen molar-refractivity contribution in [2.75, 3.05) is 13.1 Å². The Kier molecular flexibility index (Phi) is 7.78. The van der Waals surface area contributed by atoms with E-state index in [2.05, 4.69) is 6.58 Å². The van der Waals surface area contributed by atoms with E-state index in [4.69, 9.17) is 0 Å². The van der Waals surface area contributed by atoms with Crippen LogP contribution in [0, 0.1) is 0 Å². The lowest BCUT2D eigenvalue weighted by molar-refractivity contribution is -0.130. The second-order valence-electron chi connectivity index (χ2n) is 5.04. The summed E-state index contributed by atoms with van der Waals surface area (Å²) in [6.07, 6.45) is 13.8. The molecule has 1 aliphatic heterocycles. The van der Waals surface area contributed by atoms with Crippen LogP contribution in [0.1, 0.15) is 64.2 Å². The minimum atomic E-state index is 0.383. The number of hydrogen-bond acceptors (Lipinski definition) is 1. The van der Waals surface area contributed by atoms with Crippen molar-refractivity contribution in [2.24, 2.45) is 0 Å². The maximum atomic E-state index is 11.7. The highest BCUT2D eigenvalue weighted by Crippen LogP contribution is 2.12. The van der Waals surface area contributed by atoms with Crippen molar-refractivity contribution in [1.82, 2.24) is 4.90 Å². The predicted molar refractivity (Wildman–Crippen MR) is 72.9 cm³/mol. The van der Waals surface area contributed by atoms with E-state index >= 15 is 0 Å². The van der Waals surface area contributed by atoms with Gasteiger partial charge in [0.2, 0.25) is 5.91 Å². The molecule has 17 heavy (non-hydrogen) atoms. The first kappa shape index (κ1) is 14.3. The molecule has 0 aromatic rings. The molecule has 2 heteroatoms. The van der Waals surface area contributed by atoms with E-state index in [-0.39, 0.29) is 0 Å². The summed E-state index contributed by atoms with van der Waals surface area (Å²) < 4.78 is 0. The van der Waals surface area contributed by atoms with Crippen LogP contribution in [0.2, 0.25) is 0 Å². The fourth-order valence-electron chi connectivity index (χ4n) is 2.40. The molecule has 0 radical (unpaired) electrons. The summed E-state index contributed by atoms with van der Waals surface area (Å²) in [6.45, 7) is 5.72. The highest BCUT2D eigenvalue weighted by molar-refractivity contribution is 5.76. The fourth-order valence-corrected chi connectivity index (χ4v) is 2.40. The smallest absolute Gasteiger partial charge is 0.222 e. The number of nitrogens with zero attached hydrogens (tertiary/aromatic N) is 1. The fraction of sp³-hybridized carbons (Fsp3) is 0.800. The van der Waals surface area contributed by atoms with E-state index in [1.165, 1.54) is 44.9 Å². The Morgan fingerprint density at radius 2 is 1.59 bits per heavy atom. The molecule has 0 atom stereocenters. The van der Waals surface area contributed by atoms with Gasteiger partial charge in [0.15, 0.2) is 0 Å². The second kappa shape index (κ2) is 9.26. The second-order valence-corrected chi connectivity index (χ2v) is 5.04. The van der Waals surface area contributed by atoms with Crippen LogP contribution in [0.5, 0.6) is 0 Å². The Labute approximate surface area is 106 Å². The molecule has 98 valence electrons. The molecule has 0 spiro atoms. The SMILES string of the molecule is C=CCCCCCCCCC(=O)N1CCCC1. The lowest BCUT2D eigenvalue weighted by atomic mass is 10.1. The average Bonchev–Trinajstić information content (AvgIpc) is 2.86. The standard InChI is InChI=1S/C15H27NO/c1-2-3-4-5-6-7-8-9-12-15(17)16-13-10-11-14-16/h2H,1,3-14H2. The van der Waals surface area contributed by atoms with Gasteiger partial charge in [-0.25, -0.2) is 0 Å². The zero-order valence-electron chi connectivity index (χ0n) is 11.1. The molecule has 0 bridgehead atoms. The highest BCUT2D eigenvalue weighted by atomic mass is 16.2. The van der Waals surface area contributed by atoms with Crippen molar-refractivity contribution < 1.29 is 4.79 Å². The first-order chi connectivity index (χ1) is 8.34. The van der Waals surface area contributed by atoms with Crippen molar-refractivity contribution in [3.8, 4) is 0 Å². The lowest BCUT2D eigenvalue weighted by Crippen LogP contribution is -2.27. The predicted octanol–water partition coefficient (Wildman–Crippen LogP) is 3.92. The number of hydrogen-bond donors (Lipinski definition) is 0. The first-order valence-corrected chi connectivity index (χ1v) is 7.23. The van der Waals surface area contributed by atoms with Gasteiger partial charge in [0.05, 0.1) is 0 Å². The van der Waals surface area contributed by atoms with Crippen molar-refractivity contribution >= 4 is 5.91 Å². The number of amides is 1. The highest BCUT2D eigenvalue weighted by Gasteiger charge is 2.16. The molecule has 1 saturated heterocycles. The van der Waals surface area contributed by atoms with Crippen LogP contribution >= 0.6 is 0 Å². The van der Waals surface area contributed by atoms with E-state index < -0.39 is 0 Å². The van der Waals surface area contributed by atoms with Crippen LogP contribution in [-0.2, 0) is 4.79 Å². The molecule has 1 fully saturated rings. The molecule has 1 heterocycles. The molecule has 2 nitrogen and oxygen atoms in total. The maximum absolute atomic E-state index is 11.7. The largest absolute Gasteiger partial charge is 0.343 e. The zero-order valence-corrected chi connectivity index (χ0v) is 11.1. The van der Waals surface area contributed by atoms with Crippen molar-refractivity contribution in [2.45, 2.75) is 64.2 Å². The van der Waals surface area contributed by atoms with Crippen molar-refractivity contribution in [3.63, 3.8) is 0 Å². The molecule has 0 saturated carbocycles. The topological polar surface area (TPSA) is 20.3 Å². The summed E-state index contributed by atoms with van der Waals surface area (Å²) in [5, 5.41) is 0. The van der Waals surface area contributed by atoms with Crippen LogP contribution in [-0.4, -0.2) is 23.9 Å². The summed E-state index contributed by atoms with van der Waals surface area (Å²) in [6, 6.07) is 0. The monoisotopic (exact) mass is 237 g/mol. The van der Waals surface area contributed by atoms with Crippen LogP contribution in [0.4, 0.5) is 0 Å². The van der Waals surface area contributed by atoms with Gasteiger partial charge in [-0.05, 0) is 32.1 Å². The number of rotatable bonds is 9. The van der Waals surface area contributed by atoms with Crippen molar-refractivity contribution in [1.29, 1.82) is 0 Å². The molecule has 1 rings (SSSR count). The summed E-state index contributed by atoms with van der Waals surface area (Å²) in [4.78, 5) is 13.8. The van der Waals surface area contributed by atoms with Gasteiger partial charge in [-0.1, -0.05) is 31.8 Å². The molecule has 0 aromatic heterocycles.